The molecule has 32 heavy (non-hydrogen) atoms. The average molecular weight is 495 g/mol. The third-order valence-corrected chi connectivity index (χ3v) is 6.28. The predicted molar refractivity (Wildman–Crippen MR) is 116 cm³/mol. The number of amides is 1. The van der Waals surface area contributed by atoms with Crippen LogP contribution in [0.2, 0.25) is 0 Å². The standard InChI is InChI=1S/C19H31N2O9PS/c1-7-28-31(25,29-11-27-19(24)17-15(12(2)3)21-10-32-17)30-16(13(4)5)18(23)20-9-8-14(22)26-6/h10,12-13,16H,7-9,11H2,1-6H3,(H,20,23)/t16-,31-/m1/s1. The second-order valence-corrected chi connectivity index (χ2v) is 9.63. The second kappa shape index (κ2) is 13.6. The van der Waals surface area contributed by atoms with Crippen molar-refractivity contribution in [3.63, 3.8) is 0 Å². The number of phosphoric ester groups is 1. The summed E-state index contributed by atoms with van der Waals surface area (Å²) in [5.41, 5.74) is 2.13. The topological polar surface area (TPSA) is 139 Å². The maximum atomic E-state index is 13.0. The zero-order chi connectivity index (χ0) is 24.3. The Bertz CT molecular complexity index is 812. The Morgan fingerprint density at radius 1 is 1.19 bits per heavy atom. The van der Waals surface area contributed by atoms with E-state index in [4.69, 9.17) is 18.3 Å². The Hall–Kier alpha value is -1.85. The highest BCUT2D eigenvalue weighted by molar-refractivity contribution is 7.48. The zero-order valence-corrected chi connectivity index (χ0v) is 20.8. The molecule has 0 bridgehead atoms. The summed E-state index contributed by atoms with van der Waals surface area (Å²) in [4.78, 5) is 40.4. The molecule has 1 aromatic rings. The Kier molecular flexibility index (Phi) is 12.0. The zero-order valence-electron chi connectivity index (χ0n) is 19.1. The van der Waals surface area contributed by atoms with Gasteiger partial charge in [0, 0.05) is 6.54 Å². The summed E-state index contributed by atoms with van der Waals surface area (Å²) >= 11 is 1.13. The van der Waals surface area contributed by atoms with E-state index in [1.165, 1.54) is 12.6 Å². The maximum absolute atomic E-state index is 13.0. The van der Waals surface area contributed by atoms with E-state index in [0.29, 0.717) is 10.6 Å². The third kappa shape index (κ3) is 8.95. The minimum atomic E-state index is -4.25. The summed E-state index contributed by atoms with van der Waals surface area (Å²) in [5.74, 6) is -2.15. The first-order valence-electron chi connectivity index (χ1n) is 10.1. The summed E-state index contributed by atoms with van der Waals surface area (Å²) in [5, 5.41) is 2.52. The fraction of sp³-hybridized carbons (Fsp3) is 0.684. The molecule has 1 N–H and O–H groups in total. The van der Waals surface area contributed by atoms with E-state index in [0.717, 1.165) is 11.3 Å². The van der Waals surface area contributed by atoms with Gasteiger partial charge in [0.05, 0.1) is 31.3 Å². The van der Waals surface area contributed by atoms with Gasteiger partial charge in [0.2, 0.25) is 12.7 Å². The molecule has 0 radical (unpaired) electrons. The van der Waals surface area contributed by atoms with Crippen molar-refractivity contribution >= 4 is 37.0 Å². The van der Waals surface area contributed by atoms with Gasteiger partial charge in [0.1, 0.15) is 11.0 Å². The Labute approximate surface area is 191 Å². The molecular formula is C19H31N2O9PS. The van der Waals surface area contributed by atoms with Crippen LogP contribution in [0.15, 0.2) is 5.51 Å². The number of aromatic nitrogens is 1. The third-order valence-electron chi connectivity index (χ3n) is 3.98. The Morgan fingerprint density at radius 3 is 2.44 bits per heavy atom. The molecule has 13 heteroatoms. The number of esters is 2. The minimum absolute atomic E-state index is 0.0164. The highest BCUT2D eigenvalue weighted by Gasteiger charge is 2.36. The lowest BCUT2D eigenvalue weighted by molar-refractivity contribution is -0.140. The van der Waals surface area contributed by atoms with Gasteiger partial charge in [-0.3, -0.25) is 18.6 Å². The number of thiazole rings is 1. The quantitative estimate of drug-likeness (QED) is 0.233. The van der Waals surface area contributed by atoms with Crippen LogP contribution in [0.4, 0.5) is 0 Å². The van der Waals surface area contributed by atoms with E-state index in [-0.39, 0.29) is 25.5 Å². The molecule has 1 heterocycles. The van der Waals surface area contributed by atoms with Crippen molar-refractivity contribution in [1.29, 1.82) is 0 Å². The van der Waals surface area contributed by atoms with Gasteiger partial charge in [0.15, 0.2) is 0 Å². The van der Waals surface area contributed by atoms with Crippen molar-refractivity contribution in [2.75, 3.05) is 27.1 Å². The molecule has 0 aliphatic rings. The Morgan fingerprint density at radius 2 is 1.88 bits per heavy atom. The fourth-order valence-electron chi connectivity index (χ4n) is 2.39. The van der Waals surface area contributed by atoms with Crippen molar-refractivity contribution in [2.24, 2.45) is 5.92 Å². The van der Waals surface area contributed by atoms with Crippen LogP contribution in [0.1, 0.15) is 62.3 Å². The van der Waals surface area contributed by atoms with Crippen molar-refractivity contribution in [3.05, 3.63) is 16.1 Å². The highest BCUT2D eigenvalue weighted by Crippen LogP contribution is 2.51. The van der Waals surface area contributed by atoms with Crippen molar-refractivity contribution in [1.82, 2.24) is 10.3 Å². The van der Waals surface area contributed by atoms with Crippen LogP contribution in [0.3, 0.4) is 0 Å². The molecule has 0 aliphatic heterocycles. The molecule has 0 unspecified atom stereocenters. The summed E-state index contributed by atoms with van der Waals surface area (Å²) in [6.07, 6.45) is -1.23. The normalized spacial score (nSPS) is 14.1. The van der Waals surface area contributed by atoms with Crippen LogP contribution in [-0.4, -0.2) is 56.0 Å². The molecule has 1 aromatic heterocycles. The number of hydrogen-bond acceptors (Lipinski definition) is 11. The number of rotatable bonds is 14. The van der Waals surface area contributed by atoms with Gasteiger partial charge in [-0.1, -0.05) is 27.7 Å². The highest BCUT2D eigenvalue weighted by atomic mass is 32.1. The van der Waals surface area contributed by atoms with E-state index >= 15 is 0 Å². The average Bonchev–Trinajstić information content (AvgIpc) is 3.22. The van der Waals surface area contributed by atoms with Gasteiger partial charge in [-0.25, -0.2) is 18.9 Å². The first-order chi connectivity index (χ1) is 15.0. The molecule has 182 valence electrons. The van der Waals surface area contributed by atoms with Crippen LogP contribution in [-0.2, 0) is 37.2 Å². The molecule has 0 spiro atoms. The lowest BCUT2D eigenvalue weighted by atomic mass is 10.1. The molecule has 0 aliphatic carbocycles. The van der Waals surface area contributed by atoms with E-state index in [2.05, 4.69) is 15.0 Å². The van der Waals surface area contributed by atoms with Crippen LogP contribution < -0.4 is 5.32 Å². The number of carbonyl (C=O) groups is 3. The summed E-state index contributed by atoms with van der Waals surface area (Å²) in [6.45, 7) is 7.98. The predicted octanol–water partition coefficient (Wildman–Crippen LogP) is 3.26. The van der Waals surface area contributed by atoms with Gasteiger partial charge in [0.25, 0.3) is 0 Å². The van der Waals surface area contributed by atoms with Crippen LogP contribution in [0.25, 0.3) is 0 Å². The maximum Gasteiger partial charge on any atom is 0.478 e. The molecule has 11 nitrogen and oxygen atoms in total. The van der Waals surface area contributed by atoms with Gasteiger partial charge >= 0.3 is 19.8 Å². The second-order valence-electron chi connectivity index (χ2n) is 7.15. The molecule has 0 saturated carbocycles. The number of methoxy groups -OCH3 is 1. The van der Waals surface area contributed by atoms with Gasteiger partial charge in [-0.2, -0.15) is 0 Å². The molecule has 2 atom stereocenters. The van der Waals surface area contributed by atoms with Gasteiger partial charge in [-0.05, 0) is 18.8 Å². The lowest BCUT2D eigenvalue weighted by Crippen LogP contribution is -2.40. The summed E-state index contributed by atoms with van der Waals surface area (Å²) in [6, 6.07) is 0. The number of nitrogens with zero attached hydrogens (tertiary/aromatic N) is 1. The van der Waals surface area contributed by atoms with E-state index in [1.54, 1.807) is 20.8 Å². The smallest absolute Gasteiger partial charge is 0.469 e. The SMILES string of the molecule is CCO[P@](=O)(OCOC(=O)c1scnc1C(C)C)O[C@@H](C(=O)NCCC(=O)OC)C(C)C. The molecular weight excluding hydrogens is 463 g/mol. The minimum Gasteiger partial charge on any atom is -0.469 e. The number of hydrogen-bond donors (Lipinski definition) is 1. The molecule has 0 aromatic carbocycles. The molecule has 1 amide bonds. The van der Waals surface area contributed by atoms with Crippen LogP contribution in [0, 0.1) is 5.92 Å². The molecule has 0 fully saturated rings. The van der Waals surface area contributed by atoms with E-state index in [9.17, 15) is 18.9 Å². The van der Waals surface area contributed by atoms with Crippen LogP contribution in [0.5, 0.6) is 0 Å². The number of carbonyl (C=O) groups excluding carboxylic acids is 3. The van der Waals surface area contributed by atoms with Crippen LogP contribution >= 0.6 is 19.2 Å². The van der Waals surface area contributed by atoms with Gasteiger partial charge < -0.3 is 14.8 Å². The number of nitrogens with one attached hydrogen (secondary N) is 1. The number of ether oxygens (including phenoxy) is 2. The molecule has 1 rings (SSSR count). The van der Waals surface area contributed by atoms with Crippen molar-refractivity contribution in [2.45, 2.75) is 53.1 Å². The monoisotopic (exact) mass is 494 g/mol. The lowest BCUT2D eigenvalue weighted by Gasteiger charge is -2.25. The first kappa shape index (κ1) is 28.2. The van der Waals surface area contributed by atoms with E-state index in [1.807, 2.05) is 13.8 Å². The summed E-state index contributed by atoms with van der Waals surface area (Å²) < 4.78 is 38.2. The first-order valence-corrected chi connectivity index (χ1v) is 12.4. The fourth-order valence-corrected chi connectivity index (χ4v) is 4.53. The van der Waals surface area contributed by atoms with Crippen molar-refractivity contribution in [3.8, 4) is 0 Å². The van der Waals surface area contributed by atoms with Gasteiger partial charge in [-0.15, -0.1) is 11.3 Å². The van der Waals surface area contributed by atoms with E-state index < -0.39 is 44.5 Å². The largest absolute Gasteiger partial charge is 0.478 e. The van der Waals surface area contributed by atoms with Crippen molar-refractivity contribution < 1.29 is 42.0 Å². The molecule has 0 saturated heterocycles. The summed E-state index contributed by atoms with van der Waals surface area (Å²) in [7, 11) is -3.00. The Balaban J connectivity index is 2.75. The number of phosphoric acid groups is 1.